The number of hydrogen-bond acceptors (Lipinski definition) is 3. The molecule has 1 aliphatic heterocycles. The highest BCUT2D eigenvalue weighted by Crippen LogP contribution is 2.12. The minimum atomic E-state index is 0.272. The summed E-state index contributed by atoms with van der Waals surface area (Å²) in [5, 5.41) is 3.26. The van der Waals surface area contributed by atoms with Gasteiger partial charge in [-0.3, -0.25) is 4.79 Å². The SMILES string of the molecule is CN(CCC(=O)N1CCNCC1)Cc1ccc(Br)cc1. The Balaban J connectivity index is 1.72. The van der Waals surface area contributed by atoms with Gasteiger partial charge in [0.25, 0.3) is 0 Å². The van der Waals surface area contributed by atoms with Crippen molar-refractivity contribution in [3.8, 4) is 0 Å². The van der Waals surface area contributed by atoms with Crippen LogP contribution < -0.4 is 5.32 Å². The van der Waals surface area contributed by atoms with Crippen LogP contribution in [-0.4, -0.2) is 55.5 Å². The van der Waals surface area contributed by atoms with Crippen molar-refractivity contribution in [3.05, 3.63) is 34.3 Å². The molecule has 110 valence electrons. The van der Waals surface area contributed by atoms with Crippen LogP contribution in [0.3, 0.4) is 0 Å². The van der Waals surface area contributed by atoms with Crippen molar-refractivity contribution in [2.45, 2.75) is 13.0 Å². The zero-order valence-corrected chi connectivity index (χ0v) is 13.5. The molecule has 1 aromatic carbocycles. The Bertz CT molecular complexity index is 429. The van der Waals surface area contributed by atoms with E-state index in [1.54, 1.807) is 0 Å². The molecule has 0 atom stereocenters. The van der Waals surface area contributed by atoms with Gasteiger partial charge in [-0.05, 0) is 24.7 Å². The lowest BCUT2D eigenvalue weighted by Crippen LogP contribution is -2.47. The highest BCUT2D eigenvalue weighted by molar-refractivity contribution is 9.10. The summed E-state index contributed by atoms with van der Waals surface area (Å²) in [4.78, 5) is 16.2. The molecule has 2 rings (SSSR count). The zero-order valence-electron chi connectivity index (χ0n) is 11.9. The summed E-state index contributed by atoms with van der Waals surface area (Å²) in [5.74, 6) is 0.272. The fourth-order valence-electron chi connectivity index (χ4n) is 2.34. The number of halogens is 1. The van der Waals surface area contributed by atoms with Crippen LogP contribution in [0.2, 0.25) is 0 Å². The van der Waals surface area contributed by atoms with Crippen molar-refractivity contribution in [1.29, 1.82) is 0 Å². The van der Waals surface area contributed by atoms with E-state index in [4.69, 9.17) is 0 Å². The standard InChI is InChI=1S/C15H22BrN3O/c1-18(12-13-2-4-14(16)5-3-13)9-6-15(20)19-10-7-17-8-11-19/h2-5,17H,6-12H2,1H3. The number of amides is 1. The van der Waals surface area contributed by atoms with Gasteiger partial charge in [-0.2, -0.15) is 0 Å². The molecule has 0 aromatic heterocycles. The monoisotopic (exact) mass is 339 g/mol. The Kier molecular flexibility index (Phi) is 6.01. The van der Waals surface area contributed by atoms with Crippen molar-refractivity contribution in [1.82, 2.24) is 15.1 Å². The maximum absolute atomic E-state index is 12.1. The smallest absolute Gasteiger partial charge is 0.223 e. The van der Waals surface area contributed by atoms with E-state index in [0.29, 0.717) is 6.42 Å². The molecule has 1 fully saturated rings. The lowest BCUT2D eigenvalue weighted by atomic mass is 10.2. The van der Waals surface area contributed by atoms with E-state index < -0.39 is 0 Å². The first kappa shape index (κ1) is 15.5. The molecular formula is C15H22BrN3O. The van der Waals surface area contributed by atoms with Gasteiger partial charge in [0.2, 0.25) is 5.91 Å². The Morgan fingerprint density at radius 2 is 1.95 bits per heavy atom. The van der Waals surface area contributed by atoms with E-state index in [1.165, 1.54) is 5.56 Å². The number of rotatable bonds is 5. The summed E-state index contributed by atoms with van der Waals surface area (Å²) in [5.41, 5.74) is 1.27. The molecule has 0 bridgehead atoms. The number of carbonyl (C=O) groups excluding carboxylic acids is 1. The topological polar surface area (TPSA) is 35.6 Å². The fraction of sp³-hybridized carbons (Fsp3) is 0.533. The fourth-order valence-corrected chi connectivity index (χ4v) is 2.60. The van der Waals surface area contributed by atoms with E-state index in [1.807, 2.05) is 4.90 Å². The van der Waals surface area contributed by atoms with Crippen molar-refractivity contribution in [2.24, 2.45) is 0 Å². The average molecular weight is 340 g/mol. The summed E-state index contributed by atoms with van der Waals surface area (Å²) in [6.07, 6.45) is 0.604. The van der Waals surface area contributed by atoms with Crippen molar-refractivity contribution in [2.75, 3.05) is 39.8 Å². The van der Waals surface area contributed by atoms with Crippen molar-refractivity contribution < 1.29 is 4.79 Å². The van der Waals surface area contributed by atoms with Crippen LogP contribution in [0, 0.1) is 0 Å². The number of nitrogens with one attached hydrogen (secondary N) is 1. The third kappa shape index (κ3) is 4.89. The normalized spacial score (nSPS) is 15.7. The first-order valence-electron chi connectivity index (χ1n) is 7.06. The zero-order chi connectivity index (χ0) is 14.4. The number of piperazine rings is 1. The van der Waals surface area contributed by atoms with E-state index in [9.17, 15) is 4.79 Å². The van der Waals surface area contributed by atoms with Gasteiger partial charge in [0.15, 0.2) is 0 Å². The van der Waals surface area contributed by atoms with Gasteiger partial charge < -0.3 is 15.1 Å². The molecule has 0 aliphatic carbocycles. The second-order valence-electron chi connectivity index (χ2n) is 5.25. The van der Waals surface area contributed by atoms with Crippen LogP contribution in [-0.2, 0) is 11.3 Å². The molecule has 1 amide bonds. The van der Waals surface area contributed by atoms with Gasteiger partial charge in [0, 0.05) is 50.2 Å². The van der Waals surface area contributed by atoms with Crippen LogP contribution in [0.15, 0.2) is 28.7 Å². The molecule has 1 heterocycles. The van der Waals surface area contributed by atoms with E-state index in [-0.39, 0.29) is 5.91 Å². The first-order chi connectivity index (χ1) is 9.65. The molecule has 4 nitrogen and oxygen atoms in total. The molecule has 0 saturated carbocycles. The molecule has 1 N–H and O–H groups in total. The first-order valence-corrected chi connectivity index (χ1v) is 7.86. The third-order valence-electron chi connectivity index (χ3n) is 3.54. The molecular weight excluding hydrogens is 318 g/mol. The summed E-state index contributed by atoms with van der Waals surface area (Å²) >= 11 is 3.44. The van der Waals surface area contributed by atoms with Gasteiger partial charge >= 0.3 is 0 Å². The van der Waals surface area contributed by atoms with Crippen LogP contribution in [0.4, 0.5) is 0 Å². The van der Waals surface area contributed by atoms with Crippen LogP contribution >= 0.6 is 15.9 Å². The van der Waals surface area contributed by atoms with E-state index in [2.05, 4.69) is 57.5 Å². The lowest BCUT2D eigenvalue weighted by molar-refractivity contribution is -0.132. The number of nitrogens with zero attached hydrogens (tertiary/aromatic N) is 2. The molecule has 20 heavy (non-hydrogen) atoms. The summed E-state index contributed by atoms with van der Waals surface area (Å²) in [7, 11) is 2.06. The number of hydrogen-bond donors (Lipinski definition) is 1. The summed E-state index contributed by atoms with van der Waals surface area (Å²) < 4.78 is 1.10. The minimum absolute atomic E-state index is 0.272. The molecule has 0 radical (unpaired) electrons. The van der Waals surface area contributed by atoms with Gasteiger partial charge in [0.05, 0.1) is 0 Å². The Hall–Kier alpha value is -0.910. The number of carbonyl (C=O) groups is 1. The molecule has 1 aromatic rings. The quantitative estimate of drug-likeness (QED) is 0.886. The molecule has 1 saturated heterocycles. The highest BCUT2D eigenvalue weighted by atomic mass is 79.9. The maximum Gasteiger partial charge on any atom is 0.223 e. The maximum atomic E-state index is 12.1. The van der Waals surface area contributed by atoms with Crippen molar-refractivity contribution >= 4 is 21.8 Å². The highest BCUT2D eigenvalue weighted by Gasteiger charge is 2.16. The lowest BCUT2D eigenvalue weighted by Gasteiger charge is -2.28. The predicted octanol–water partition coefficient (Wildman–Crippen LogP) is 1.70. The Labute approximate surface area is 129 Å². The average Bonchev–Trinajstić information content (AvgIpc) is 2.48. The van der Waals surface area contributed by atoms with E-state index >= 15 is 0 Å². The Morgan fingerprint density at radius 1 is 1.30 bits per heavy atom. The largest absolute Gasteiger partial charge is 0.340 e. The van der Waals surface area contributed by atoms with Crippen LogP contribution in [0.1, 0.15) is 12.0 Å². The Morgan fingerprint density at radius 3 is 2.60 bits per heavy atom. The minimum Gasteiger partial charge on any atom is -0.340 e. The summed E-state index contributed by atoms with van der Waals surface area (Å²) in [6.45, 7) is 5.20. The molecule has 0 spiro atoms. The third-order valence-corrected chi connectivity index (χ3v) is 4.07. The second-order valence-corrected chi connectivity index (χ2v) is 6.16. The van der Waals surface area contributed by atoms with E-state index in [0.717, 1.165) is 43.7 Å². The molecule has 1 aliphatic rings. The van der Waals surface area contributed by atoms with Gasteiger partial charge in [0.1, 0.15) is 0 Å². The number of benzene rings is 1. The second kappa shape index (κ2) is 7.76. The summed E-state index contributed by atoms with van der Waals surface area (Å²) in [6, 6.07) is 8.32. The van der Waals surface area contributed by atoms with Crippen LogP contribution in [0.5, 0.6) is 0 Å². The predicted molar refractivity (Wildman–Crippen MR) is 84.5 cm³/mol. The molecule has 5 heteroatoms. The van der Waals surface area contributed by atoms with Gasteiger partial charge in [-0.1, -0.05) is 28.1 Å². The van der Waals surface area contributed by atoms with Crippen molar-refractivity contribution in [3.63, 3.8) is 0 Å². The molecule has 0 unspecified atom stereocenters. The van der Waals surface area contributed by atoms with Gasteiger partial charge in [-0.25, -0.2) is 0 Å². The van der Waals surface area contributed by atoms with Crippen LogP contribution in [0.25, 0.3) is 0 Å². The van der Waals surface area contributed by atoms with Gasteiger partial charge in [-0.15, -0.1) is 0 Å².